The molecule has 5 rings (SSSR count). The van der Waals surface area contributed by atoms with E-state index in [0.717, 1.165) is 37.9 Å². The van der Waals surface area contributed by atoms with Crippen molar-refractivity contribution in [3.05, 3.63) is 72.3 Å². The van der Waals surface area contributed by atoms with Crippen molar-refractivity contribution in [2.45, 2.75) is 38.6 Å². The largest absolute Gasteiger partial charge is 0.357 e. The second-order valence-electron chi connectivity index (χ2n) is 10.3. The third kappa shape index (κ3) is 5.16. The average Bonchev–Trinajstić information content (AvgIpc) is 3.72. The number of benzene rings is 2. The molecule has 0 spiro atoms. The van der Waals surface area contributed by atoms with Crippen molar-refractivity contribution >= 4 is 17.5 Å². The van der Waals surface area contributed by atoms with Crippen LogP contribution in [0.4, 0.5) is 0 Å². The molecule has 0 atom stereocenters. The molecular formula is C29H36N6. The second-order valence-corrected chi connectivity index (χ2v) is 10.3. The smallest absolute Gasteiger partial charge is 0.149 e. The highest BCUT2D eigenvalue weighted by Gasteiger charge is 2.39. The molecule has 0 unspecified atom stereocenters. The lowest BCUT2D eigenvalue weighted by Gasteiger charge is -2.42. The molecule has 6 heteroatoms. The SMILES string of the molecule is CN=C(C1CC1)N1N=C(N2CCN(C(=N)Cc3ccc(-c4ccccc4)cc3)CC2)C=CC1(C)C. The first kappa shape index (κ1) is 23.3. The summed E-state index contributed by atoms with van der Waals surface area (Å²) in [4.78, 5) is 9.15. The van der Waals surface area contributed by atoms with Crippen LogP contribution in [0.1, 0.15) is 32.3 Å². The lowest BCUT2D eigenvalue weighted by molar-refractivity contribution is 0.233. The minimum Gasteiger partial charge on any atom is -0.357 e. The first-order valence-corrected chi connectivity index (χ1v) is 12.7. The van der Waals surface area contributed by atoms with Crippen LogP contribution in [0.2, 0.25) is 0 Å². The Labute approximate surface area is 209 Å². The zero-order valence-electron chi connectivity index (χ0n) is 21.1. The highest BCUT2D eigenvalue weighted by atomic mass is 15.5. The Morgan fingerprint density at radius 3 is 2.26 bits per heavy atom. The monoisotopic (exact) mass is 468 g/mol. The van der Waals surface area contributed by atoms with Crippen LogP contribution in [0, 0.1) is 11.3 Å². The third-order valence-electron chi connectivity index (χ3n) is 7.20. The molecule has 0 radical (unpaired) electrons. The van der Waals surface area contributed by atoms with Crippen LogP contribution >= 0.6 is 0 Å². The quantitative estimate of drug-likeness (QED) is 0.513. The van der Waals surface area contributed by atoms with Crippen molar-refractivity contribution in [2.24, 2.45) is 16.0 Å². The van der Waals surface area contributed by atoms with E-state index in [1.54, 1.807) is 0 Å². The molecule has 1 saturated heterocycles. The number of nitrogens with one attached hydrogen (secondary N) is 1. The van der Waals surface area contributed by atoms with E-state index in [0.29, 0.717) is 18.2 Å². The summed E-state index contributed by atoms with van der Waals surface area (Å²) in [6.45, 7) is 7.82. The number of rotatable bonds is 4. The van der Waals surface area contributed by atoms with Crippen molar-refractivity contribution in [3.63, 3.8) is 0 Å². The molecule has 2 heterocycles. The molecule has 182 valence electrons. The number of aliphatic imine (C=N–C) groups is 1. The van der Waals surface area contributed by atoms with Gasteiger partial charge in [-0.05, 0) is 49.5 Å². The summed E-state index contributed by atoms with van der Waals surface area (Å²) in [5.41, 5.74) is 3.45. The minimum atomic E-state index is -0.166. The van der Waals surface area contributed by atoms with Gasteiger partial charge in [-0.3, -0.25) is 10.4 Å². The number of hydrogen-bond donors (Lipinski definition) is 1. The van der Waals surface area contributed by atoms with Gasteiger partial charge in [0.25, 0.3) is 0 Å². The second kappa shape index (κ2) is 9.68. The van der Waals surface area contributed by atoms with Crippen molar-refractivity contribution in [1.29, 1.82) is 5.41 Å². The van der Waals surface area contributed by atoms with Gasteiger partial charge in [-0.15, -0.1) is 0 Å². The molecule has 1 N–H and O–H groups in total. The Kier molecular flexibility index (Phi) is 6.46. The van der Waals surface area contributed by atoms with Crippen LogP contribution in [-0.4, -0.2) is 71.1 Å². The zero-order valence-corrected chi connectivity index (χ0v) is 21.1. The summed E-state index contributed by atoms with van der Waals surface area (Å²) in [5, 5.41) is 15.9. The van der Waals surface area contributed by atoms with Crippen LogP contribution < -0.4 is 0 Å². The number of hydrazone groups is 1. The Balaban J connectivity index is 1.18. The number of amidine groups is 3. The Hall–Kier alpha value is -3.41. The van der Waals surface area contributed by atoms with E-state index in [1.165, 1.54) is 29.5 Å². The maximum atomic E-state index is 8.71. The zero-order chi connectivity index (χ0) is 24.4. The topological polar surface area (TPSA) is 58.3 Å². The molecule has 2 aromatic rings. The first-order valence-electron chi connectivity index (χ1n) is 12.7. The summed E-state index contributed by atoms with van der Waals surface area (Å²) < 4.78 is 0. The lowest BCUT2D eigenvalue weighted by atomic mass is 10.0. The fraction of sp³-hybridized carbons (Fsp3) is 0.414. The van der Waals surface area contributed by atoms with E-state index >= 15 is 0 Å². The Morgan fingerprint density at radius 1 is 0.971 bits per heavy atom. The van der Waals surface area contributed by atoms with Crippen LogP contribution in [-0.2, 0) is 6.42 Å². The van der Waals surface area contributed by atoms with E-state index in [-0.39, 0.29) is 5.54 Å². The highest BCUT2D eigenvalue weighted by molar-refractivity contribution is 5.97. The van der Waals surface area contributed by atoms with Gasteiger partial charge in [0.1, 0.15) is 17.5 Å². The van der Waals surface area contributed by atoms with Gasteiger partial charge in [0.05, 0.1) is 5.54 Å². The maximum absolute atomic E-state index is 8.71. The van der Waals surface area contributed by atoms with E-state index in [4.69, 9.17) is 10.5 Å². The summed E-state index contributed by atoms with van der Waals surface area (Å²) in [6, 6.07) is 19.0. The van der Waals surface area contributed by atoms with Gasteiger partial charge in [-0.25, -0.2) is 5.01 Å². The molecular weight excluding hydrogens is 432 g/mol. The Bertz CT molecular complexity index is 1130. The van der Waals surface area contributed by atoms with Crippen molar-refractivity contribution in [1.82, 2.24) is 14.8 Å². The van der Waals surface area contributed by atoms with Crippen LogP contribution in [0.25, 0.3) is 11.1 Å². The molecule has 0 aromatic heterocycles. The predicted octanol–water partition coefficient (Wildman–Crippen LogP) is 4.89. The summed E-state index contributed by atoms with van der Waals surface area (Å²) in [5.74, 6) is 3.36. The fourth-order valence-electron chi connectivity index (χ4n) is 4.88. The summed E-state index contributed by atoms with van der Waals surface area (Å²) >= 11 is 0. The van der Waals surface area contributed by atoms with Gasteiger partial charge in [-0.2, -0.15) is 5.10 Å². The first-order chi connectivity index (χ1) is 16.9. The normalized spacial score (nSPS) is 20.1. The third-order valence-corrected chi connectivity index (χ3v) is 7.20. The number of nitrogens with zero attached hydrogens (tertiary/aromatic N) is 5. The van der Waals surface area contributed by atoms with Gasteiger partial charge in [-0.1, -0.05) is 60.7 Å². The molecule has 2 aliphatic heterocycles. The highest BCUT2D eigenvalue weighted by Crippen LogP contribution is 2.36. The molecule has 3 aliphatic rings. The van der Waals surface area contributed by atoms with E-state index in [1.807, 2.05) is 13.1 Å². The standard InChI is InChI=1S/C29H36N6/c1-29(2)16-15-27(32-35(29)28(31-3)25-13-14-25)34-19-17-33(18-20-34)26(30)21-22-9-11-24(12-10-22)23-7-5-4-6-8-23/h4-12,15-16,25,30H,13-14,17-21H2,1-3H3. The van der Waals surface area contributed by atoms with Gasteiger partial charge in [0.2, 0.25) is 0 Å². The molecule has 0 amide bonds. The van der Waals surface area contributed by atoms with E-state index in [2.05, 4.69) is 94.3 Å². The van der Waals surface area contributed by atoms with Crippen molar-refractivity contribution in [3.8, 4) is 11.1 Å². The molecule has 0 bridgehead atoms. The molecule has 35 heavy (non-hydrogen) atoms. The molecule has 2 aromatic carbocycles. The summed E-state index contributed by atoms with van der Waals surface area (Å²) in [6.07, 6.45) is 7.49. The molecule has 1 saturated carbocycles. The fourth-order valence-corrected chi connectivity index (χ4v) is 4.88. The van der Waals surface area contributed by atoms with Crippen LogP contribution in [0.3, 0.4) is 0 Å². The number of piperazine rings is 1. The lowest BCUT2D eigenvalue weighted by Crippen LogP contribution is -2.53. The van der Waals surface area contributed by atoms with Crippen molar-refractivity contribution in [2.75, 3.05) is 33.2 Å². The van der Waals surface area contributed by atoms with Crippen LogP contribution in [0.15, 0.2) is 76.8 Å². The number of hydrogen-bond acceptors (Lipinski definition) is 4. The minimum absolute atomic E-state index is 0.166. The summed E-state index contributed by atoms with van der Waals surface area (Å²) in [7, 11) is 1.89. The predicted molar refractivity (Wildman–Crippen MR) is 145 cm³/mol. The average molecular weight is 469 g/mol. The van der Waals surface area contributed by atoms with E-state index in [9.17, 15) is 0 Å². The molecule has 6 nitrogen and oxygen atoms in total. The van der Waals surface area contributed by atoms with Gasteiger partial charge in [0.15, 0.2) is 0 Å². The van der Waals surface area contributed by atoms with Crippen molar-refractivity contribution < 1.29 is 0 Å². The maximum Gasteiger partial charge on any atom is 0.149 e. The van der Waals surface area contributed by atoms with Gasteiger partial charge < -0.3 is 9.80 Å². The molecule has 1 aliphatic carbocycles. The Morgan fingerprint density at radius 2 is 1.63 bits per heavy atom. The molecule has 2 fully saturated rings. The van der Waals surface area contributed by atoms with Gasteiger partial charge in [0, 0.05) is 45.6 Å². The van der Waals surface area contributed by atoms with Gasteiger partial charge >= 0.3 is 0 Å². The van der Waals surface area contributed by atoms with E-state index < -0.39 is 0 Å². The van der Waals surface area contributed by atoms with Crippen LogP contribution in [0.5, 0.6) is 0 Å².